The van der Waals surface area contributed by atoms with Crippen LogP contribution in [-0.4, -0.2) is 18.5 Å². The largest absolute Gasteiger partial charge is 0.309 e. The Kier molecular flexibility index (Phi) is 7.19. The van der Waals surface area contributed by atoms with Crippen LogP contribution in [0.25, 0.3) is 10.8 Å². The van der Waals surface area contributed by atoms with E-state index in [1.54, 1.807) is 0 Å². The lowest BCUT2D eigenvalue weighted by atomic mass is 10.0. The van der Waals surface area contributed by atoms with Gasteiger partial charge in [0.25, 0.3) is 0 Å². The number of hydrogen-bond donors (Lipinski definition) is 1. The molecule has 0 fully saturated rings. The summed E-state index contributed by atoms with van der Waals surface area (Å²) in [5.74, 6) is 0.0847. The van der Waals surface area contributed by atoms with E-state index in [0.717, 1.165) is 5.69 Å². The van der Waals surface area contributed by atoms with E-state index in [1.807, 2.05) is 61.2 Å². The first-order chi connectivity index (χ1) is 12.2. The highest BCUT2D eigenvalue weighted by atomic mass is 35.5. The molecular weight excluding hydrogens is 344 g/mol. The number of halogens is 1. The summed E-state index contributed by atoms with van der Waals surface area (Å²) >= 11 is 0. The first-order valence-electron chi connectivity index (χ1n) is 8.71. The van der Waals surface area contributed by atoms with Crippen molar-refractivity contribution in [2.45, 2.75) is 26.4 Å². The summed E-state index contributed by atoms with van der Waals surface area (Å²) in [6, 6.07) is 24.6. The molecule has 0 saturated heterocycles. The van der Waals surface area contributed by atoms with Gasteiger partial charge in [-0.2, -0.15) is 0 Å². The Labute approximate surface area is 161 Å². The van der Waals surface area contributed by atoms with Crippen molar-refractivity contribution in [1.29, 1.82) is 0 Å². The minimum Gasteiger partial charge on any atom is -0.309 e. The highest BCUT2D eigenvalue weighted by molar-refractivity contribution is 5.95. The Morgan fingerprint density at radius 3 is 2.31 bits per heavy atom. The van der Waals surface area contributed by atoms with Crippen LogP contribution in [0.5, 0.6) is 0 Å². The van der Waals surface area contributed by atoms with Crippen molar-refractivity contribution < 1.29 is 4.79 Å². The second kappa shape index (κ2) is 9.37. The smallest absolute Gasteiger partial charge is 0.241 e. The first kappa shape index (κ1) is 20.0. The third-order valence-corrected chi connectivity index (χ3v) is 4.29. The monoisotopic (exact) mass is 368 g/mol. The van der Waals surface area contributed by atoms with Crippen molar-refractivity contribution in [3.8, 4) is 0 Å². The van der Waals surface area contributed by atoms with Crippen LogP contribution in [0, 0.1) is 0 Å². The Morgan fingerprint density at radius 2 is 1.58 bits per heavy atom. The Morgan fingerprint density at radius 1 is 0.923 bits per heavy atom. The fourth-order valence-corrected chi connectivity index (χ4v) is 3.15. The van der Waals surface area contributed by atoms with Crippen LogP contribution in [0.3, 0.4) is 0 Å². The van der Waals surface area contributed by atoms with Crippen molar-refractivity contribution in [3.63, 3.8) is 0 Å². The summed E-state index contributed by atoms with van der Waals surface area (Å²) in [7, 11) is 0. The van der Waals surface area contributed by atoms with Gasteiger partial charge in [-0.25, -0.2) is 0 Å². The molecule has 26 heavy (non-hydrogen) atoms. The molecule has 0 heterocycles. The molecule has 3 rings (SSSR count). The van der Waals surface area contributed by atoms with E-state index in [9.17, 15) is 4.79 Å². The Balaban J connectivity index is 0.00000243. The average Bonchev–Trinajstić information content (AvgIpc) is 2.63. The van der Waals surface area contributed by atoms with Gasteiger partial charge < -0.3 is 10.2 Å². The van der Waals surface area contributed by atoms with Crippen LogP contribution in [0.15, 0.2) is 72.8 Å². The lowest BCUT2D eigenvalue weighted by Crippen LogP contribution is -2.42. The lowest BCUT2D eigenvalue weighted by Gasteiger charge is -2.27. The van der Waals surface area contributed by atoms with Crippen LogP contribution in [0.4, 0.5) is 5.69 Å². The van der Waals surface area contributed by atoms with Crippen LogP contribution < -0.4 is 10.2 Å². The zero-order chi connectivity index (χ0) is 17.6. The number of para-hydroxylation sites is 1. The van der Waals surface area contributed by atoms with Crippen LogP contribution >= 0.6 is 12.4 Å². The van der Waals surface area contributed by atoms with Gasteiger partial charge >= 0.3 is 0 Å². The van der Waals surface area contributed by atoms with E-state index >= 15 is 0 Å². The number of fused-ring (bicyclic) bond motifs is 1. The first-order valence-corrected chi connectivity index (χ1v) is 8.71. The van der Waals surface area contributed by atoms with Crippen molar-refractivity contribution in [2.75, 3.05) is 11.4 Å². The molecule has 0 aliphatic heterocycles. The summed E-state index contributed by atoms with van der Waals surface area (Å²) in [4.78, 5) is 14.5. The summed E-state index contributed by atoms with van der Waals surface area (Å²) < 4.78 is 0. The molecule has 3 nitrogen and oxygen atoms in total. The quantitative estimate of drug-likeness (QED) is 0.678. The summed E-state index contributed by atoms with van der Waals surface area (Å²) in [5.41, 5.74) is 2.15. The maximum absolute atomic E-state index is 12.7. The van der Waals surface area contributed by atoms with Gasteiger partial charge in [0.15, 0.2) is 0 Å². The molecule has 0 spiro atoms. The molecule has 0 unspecified atom stereocenters. The van der Waals surface area contributed by atoms with Crippen LogP contribution in [0.2, 0.25) is 0 Å². The minimum atomic E-state index is 0. The van der Waals surface area contributed by atoms with Gasteiger partial charge in [-0.3, -0.25) is 4.79 Å². The summed E-state index contributed by atoms with van der Waals surface area (Å²) in [6.45, 7) is 5.06. The number of rotatable bonds is 6. The highest BCUT2D eigenvalue weighted by Gasteiger charge is 2.18. The molecule has 0 bridgehead atoms. The third-order valence-electron chi connectivity index (χ3n) is 4.29. The molecule has 0 aliphatic carbocycles. The molecule has 0 saturated carbocycles. The SMILES string of the molecule is CC(C)N(C(=O)CNCc1cccc2ccccc12)c1ccccc1.Cl. The molecule has 4 heteroatoms. The van der Waals surface area contributed by atoms with E-state index in [2.05, 4.69) is 35.6 Å². The second-order valence-corrected chi connectivity index (χ2v) is 6.43. The fraction of sp³-hybridized carbons (Fsp3) is 0.227. The number of benzene rings is 3. The number of nitrogens with zero attached hydrogens (tertiary/aromatic N) is 1. The third kappa shape index (κ3) is 4.63. The van der Waals surface area contributed by atoms with Crippen LogP contribution in [-0.2, 0) is 11.3 Å². The molecule has 3 aromatic carbocycles. The molecule has 1 amide bonds. The predicted molar refractivity (Wildman–Crippen MR) is 112 cm³/mol. The van der Waals surface area contributed by atoms with Crippen molar-refractivity contribution >= 4 is 34.8 Å². The normalized spacial score (nSPS) is 10.6. The molecule has 136 valence electrons. The Bertz CT molecular complexity index is 844. The molecule has 0 atom stereocenters. The van der Waals surface area contributed by atoms with E-state index in [4.69, 9.17) is 0 Å². The standard InChI is InChI=1S/C22H24N2O.ClH/c1-17(2)24(20-12-4-3-5-13-20)22(25)16-23-15-19-11-8-10-18-9-6-7-14-21(18)19;/h3-14,17,23H,15-16H2,1-2H3;1H. The van der Waals surface area contributed by atoms with Gasteiger partial charge in [0, 0.05) is 18.3 Å². The van der Waals surface area contributed by atoms with Gasteiger partial charge in [0.1, 0.15) is 0 Å². The van der Waals surface area contributed by atoms with Crippen LogP contribution in [0.1, 0.15) is 19.4 Å². The molecular formula is C22H25ClN2O. The predicted octanol–water partition coefficient (Wildman–Crippen LogP) is 4.79. The highest BCUT2D eigenvalue weighted by Crippen LogP contribution is 2.19. The van der Waals surface area contributed by atoms with E-state index in [-0.39, 0.29) is 24.4 Å². The van der Waals surface area contributed by atoms with Gasteiger partial charge in [0.05, 0.1) is 6.54 Å². The zero-order valence-electron chi connectivity index (χ0n) is 15.2. The number of nitrogens with one attached hydrogen (secondary N) is 1. The fourth-order valence-electron chi connectivity index (χ4n) is 3.15. The number of amides is 1. The van der Waals surface area contributed by atoms with E-state index in [1.165, 1.54) is 16.3 Å². The van der Waals surface area contributed by atoms with Gasteiger partial charge in [-0.15, -0.1) is 12.4 Å². The van der Waals surface area contributed by atoms with E-state index in [0.29, 0.717) is 13.1 Å². The number of carbonyl (C=O) groups excluding carboxylic acids is 1. The Hall–Kier alpha value is -2.36. The number of hydrogen-bond acceptors (Lipinski definition) is 2. The van der Waals surface area contributed by atoms with E-state index < -0.39 is 0 Å². The van der Waals surface area contributed by atoms with Crippen molar-refractivity contribution in [3.05, 3.63) is 78.4 Å². The van der Waals surface area contributed by atoms with Gasteiger partial charge in [-0.05, 0) is 42.3 Å². The molecule has 0 radical (unpaired) electrons. The van der Waals surface area contributed by atoms with Gasteiger partial charge in [-0.1, -0.05) is 60.7 Å². The molecule has 0 aliphatic rings. The topological polar surface area (TPSA) is 32.3 Å². The maximum Gasteiger partial charge on any atom is 0.241 e. The average molecular weight is 369 g/mol. The number of carbonyl (C=O) groups is 1. The maximum atomic E-state index is 12.7. The molecule has 0 aromatic heterocycles. The minimum absolute atomic E-state index is 0. The molecule has 3 aromatic rings. The van der Waals surface area contributed by atoms with Crippen molar-refractivity contribution in [1.82, 2.24) is 5.32 Å². The summed E-state index contributed by atoms with van der Waals surface area (Å²) in [5, 5.41) is 5.76. The molecule has 1 N–H and O–H groups in total. The second-order valence-electron chi connectivity index (χ2n) is 6.43. The zero-order valence-corrected chi connectivity index (χ0v) is 16.0. The van der Waals surface area contributed by atoms with Crippen molar-refractivity contribution in [2.24, 2.45) is 0 Å². The van der Waals surface area contributed by atoms with Gasteiger partial charge in [0.2, 0.25) is 5.91 Å². The number of anilines is 1. The summed E-state index contributed by atoms with van der Waals surface area (Å²) in [6.07, 6.45) is 0. The lowest BCUT2D eigenvalue weighted by molar-refractivity contribution is -0.118.